The van der Waals surface area contributed by atoms with Crippen molar-refractivity contribution in [3.05, 3.63) is 0 Å². The number of nitrogens with one attached hydrogen (secondary N) is 1. The van der Waals surface area contributed by atoms with Crippen molar-refractivity contribution in [1.29, 1.82) is 0 Å². The molecule has 1 saturated heterocycles. The van der Waals surface area contributed by atoms with Gasteiger partial charge in [0.1, 0.15) is 0 Å². The summed E-state index contributed by atoms with van der Waals surface area (Å²) in [6, 6.07) is -0.0476. The molecular formula is C13H27N3O2. The molecule has 1 aliphatic rings. The van der Waals surface area contributed by atoms with Gasteiger partial charge in [0.25, 0.3) is 0 Å². The van der Waals surface area contributed by atoms with Gasteiger partial charge in [-0.3, -0.25) is 9.69 Å². The first-order chi connectivity index (χ1) is 8.70. The maximum atomic E-state index is 12.3. The average Bonchev–Trinajstić information content (AvgIpc) is 2.43. The van der Waals surface area contributed by atoms with E-state index in [1.807, 2.05) is 18.7 Å². The number of carbonyl (C=O) groups is 1. The second-order valence-corrected chi connectivity index (χ2v) is 4.58. The van der Waals surface area contributed by atoms with Crippen molar-refractivity contribution in [2.24, 2.45) is 0 Å². The number of piperazine rings is 1. The summed E-state index contributed by atoms with van der Waals surface area (Å²) in [7, 11) is 0. The number of rotatable bonds is 7. The standard InChI is InChI=1S/C13H27N3O2/c1-4-15(10-11-18-5-2)12(3)13(17)16-8-6-14-7-9-16/h12,14H,4-11H2,1-3H3. The minimum Gasteiger partial charge on any atom is -0.380 e. The fourth-order valence-corrected chi connectivity index (χ4v) is 2.26. The molecule has 5 nitrogen and oxygen atoms in total. The van der Waals surface area contributed by atoms with Crippen LogP contribution >= 0.6 is 0 Å². The van der Waals surface area contributed by atoms with E-state index in [9.17, 15) is 4.79 Å². The molecule has 18 heavy (non-hydrogen) atoms. The summed E-state index contributed by atoms with van der Waals surface area (Å²) in [5.74, 6) is 0.245. The molecule has 0 radical (unpaired) electrons. The fourth-order valence-electron chi connectivity index (χ4n) is 2.26. The highest BCUT2D eigenvalue weighted by atomic mass is 16.5. The predicted octanol–water partition coefficient (Wildman–Crippen LogP) is 0.165. The molecule has 106 valence electrons. The highest BCUT2D eigenvalue weighted by molar-refractivity contribution is 5.81. The Hall–Kier alpha value is -0.650. The number of carbonyl (C=O) groups excluding carboxylic acids is 1. The topological polar surface area (TPSA) is 44.8 Å². The Morgan fingerprint density at radius 3 is 2.61 bits per heavy atom. The van der Waals surface area contributed by atoms with Crippen LogP contribution in [0.5, 0.6) is 0 Å². The number of nitrogens with zero attached hydrogens (tertiary/aromatic N) is 2. The van der Waals surface area contributed by atoms with Crippen molar-refractivity contribution in [3.63, 3.8) is 0 Å². The third-order valence-electron chi connectivity index (χ3n) is 3.47. The van der Waals surface area contributed by atoms with Crippen LogP contribution in [0.4, 0.5) is 0 Å². The Bertz CT molecular complexity index is 242. The van der Waals surface area contributed by atoms with E-state index in [1.54, 1.807) is 0 Å². The molecule has 1 rings (SSSR count). The zero-order chi connectivity index (χ0) is 13.4. The van der Waals surface area contributed by atoms with Crippen LogP contribution in [0.15, 0.2) is 0 Å². The number of hydrogen-bond acceptors (Lipinski definition) is 4. The summed E-state index contributed by atoms with van der Waals surface area (Å²) in [5.41, 5.74) is 0. The lowest BCUT2D eigenvalue weighted by molar-refractivity contribution is -0.137. The molecule has 1 amide bonds. The summed E-state index contributed by atoms with van der Waals surface area (Å²) in [6.45, 7) is 12.7. The molecule has 0 aromatic carbocycles. The van der Waals surface area contributed by atoms with Crippen molar-refractivity contribution in [2.45, 2.75) is 26.8 Å². The lowest BCUT2D eigenvalue weighted by Crippen LogP contribution is -2.53. The zero-order valence-electron chi connectivity index (χ0n) is 11.9. The van der Waals surface area contributed by atoms with Crippen molar-refractivity contribution in [1.82, 2.24) is 15.1 Å². The summed E-state index contributed by atoms with van der Waals surface area (Å²) in [6.07, 6.45) is 0. The molecule has 0 aromatic rings. The van der Waals surface area contributed by atoms with Gasteiger partial charge in [0.05, 0.1) is 12.6 Å². The van der Waals surface area contributed by atoms with E-state index in [4.69, 9.17) is 4.74 Å². The molecule has 0 bridgehead atoms. The summed E-state index contributed by atoms with van der Waals surface area (Å²) in [5, 5.41) is 3.27. The van der Waals surface area contributed by atoms with E-state index < -0.39 is 0 Å². The molecule has 0 aromatic heterocycles. The minimum atomic E-state index is -0.0476. The highest BCUT2D eigenvalue weighted by Gasteiger charge is 2.25. The molecule has 1 N–H and O–H groups in total. The van der Waals surface area contributed by atoms with Gasteiger partial charge in [0, 0.05) is 39.3 Å². The molecule has 0 spiro atoms. The monoisotopic (exact) mass is 257 g/mol. The Morgan fingerprint density at radius 2 is 2.06 bits per heavy atom. The molecule has 1 atom stereocenters. The number of amides is 1. The fraction of sp³-hybridized carbons (Fsp3) is 0.923. The van der Waals surface area contributed by atoms with Crippen LogP contribution < -0.4 is 5.32 Å². The van der Waals surface area contributed by atoms with Gasteiger partial charge >= 0.3 is 0 Å². The van der Waals surface area contributed by atoms with Crippen LogP contribution in [0, 0.1) is 0 Å². The second kappa shape index (κ2) is 8.45. The quantitative estimate of drug-likeness (QED) is 0.660. The molecule has 1 fully saturated rings. The van der Waals surface area contributed by atoms with E-state index in [0.29, 0.717) is 6.61 Å². The van der Waals surface area contributed by atoms with Crippen LogP contribution in [0.2, 0.25) is 0 Å². The summed E-state index contributed by atoms with van der Waals surface area (Å²) < 4.78 is 5.36. The van der Waals surface area contributed by atoms with E-state index in [2.05, 4.69) is 17.1 Å². The smallest absolute Gasteiger partial charge is 0.239 e. The first-order valence-corrected chi connectivity index (χ1v) is 7.02. The Balaban J connectivity index is 2.42. The maximum Gasteiger partial charge on any atom is 0.239 e. The van der Waals surface area contributed by atoms with Gasteiger partial charge in [-0.15, -0.1) is 0 Å². The normalized spacial score (nSPS) is 18.1. The Labute approximate surface area is 110 Å². The van der Waals surface area contributed by atoms with E-state index in [1.165, 1.54) is 0 Å². The molecule has 0 saturated carbocycles. The van der Waals surface area contributed by atoms with Crippen LogP contribution in [-0.4, -0.2) is 74.2 Å². The molecule has 5 heteroatoms. The van der Waals surface area contributed by atoms with Gasteiger partial charge in [0.2, 0.25) is 5.91 Å². The highest BCUT2D eigenvalue weighted by Crippen LogP contribution is 2.05. The Morgan fingerprint density at radius 1 is 1.39 bits per heavy atom. The largest absolute Gasteiger partial charge is 0.380 e. The van der Waals surface area contributed by atoms with Gasteiger partial charge in [-0.05, 0) is 20.4 Å². The van der Waals surface area contributed by atoms with Gasteiger partial charge in [0.15, 0.2) is 0 Å². The predicted molar refractivity (Wildman–Crippen MR) is 72.7 cm³/mol. The number of hydrogen-bond donors (Lipinski definition) is 1. The second-order valence-electron chi connectivity index (χ2n) is 4.58. The lowest BCUT2D eigenvalue weighted by Gasteiger charge is -2.34. The van der Waals surface area contributed by atoms with Crippen molar-refractivity contribution in [3.8, 4) is 0 Å². The van der Waals surface area contributed by atoms with Crippen molar-refractivity contribution < 1.29 is 9.53 Å². The minimum absolute atomic E-state index is 0.0476. The molecular weight excluding hydrogens is 230 g/mol. The molecule has 0 aliphatic carbocycles. The summed E-state index contributed by atoms with van der Waals surface area (Å²) >= 11 is 0. The van der Waals surface area contributed by atoms with Gasteiger partial charge in [-0.2, -0.15) is 0 Å². The lowest BCUT2D eigenvalue weighted by atomic mass is 10.2. The van der Waals surface area contributed by atoms with E-state index >= 15 is 0 Å². The molecule has 1 heterocycles. The van der Waals surface area contributed by atoms with Crippen LogP contribution in [0.1, 0.15) is 20.8 Å². The number of ether oxygens (including phenoxy) is 1. The summed E-state index contributed by atoms with van der Waals surface area (Å²) in [4.78, 5) is 16.5. The van der Waals surface area contributed by atoms with Crippen molar-refractivity contribution >= 4 is 5.91 Å². The van der Waals surface area contributed by atoms with Crippen LogP contribution in [-0.2, 0) is 9.53 Å². The van der Waals surface area contributed by atoms with Crippen molar-refractivity contribution in [2.75, 3.05) is 52.5 Å². The zero-order valence-corrected chi connectivity index (χ0v) is 11.9. The van der Waals surface area contributed by atoms with Gasteiger partial charge in [-0.25, -0.2) is 0 Å². The third kappa shape index (κ3) is 4.55. The van der Waals surface area contributed by atoms with Gasteiger partial charge < -0.3 is 15.0 Å². The van der Waals surface area contributed by atoms with Crippen LogP contribution in [0.3, 0.4) is 0 Å². The SMILES string of the molecule is CCOCCN(CC)C(C)C(=O)N1CCNCC1. The van der Waals surface area contributed by atoms with Crippen LogP contribution in [0.25, 0.3) is 0 Å². The van der Waals surface area contributed by atoms with Gasteiger partial charge in [-0.1, -0.05) is 6.92 Å². The van der Waals surface area contributed by atoms with E-state index in [0.717, 1.165) is 45.9 Å². The maximum absolute atomic E-state index is 12.3. The molecule has 1 unspecified atom stereocenters. The average molecular weight is 257 g/mol. The Kier molecular flexibility index (Phi) is 7.23. The first-order valence-electron chi connectivity index (χ1n) is 7.02. The first kappa shape index (κ1) is 15.4. The number of likely N-dealkylation sites (N-methyl/N-ethyl adjacent to an activating group) is 1. The van der Waals surface area contributed by atoms with E-state index in [-0.39, 0.29) is 11.9 Å². The third-order valence-corrected chi connectivity index (χ3v) is 3.47. The molecule has 1 aliphatic heterocycles.